The third-order valence-corrected chi connectivity index (χ3v) is 4.27. The Bertz CT molecular complexity index is 979. The fourth-order valence-electron chi connectivity index (χ4n) is 2.47. The highest BCUT2D eigenvalue weighted by molar-refractivity contribution is 6.31. The summed E-state index contributed by atoms with van der Waals surface area (Å²) in [5, 5.41) is 12.6. The molecule has 0 heterocycles. The van der Waals surface area contributed by atoms with E-state index in [2.05, 4.69) is 5.32 Å². The number of nitrogens with zero attached hydrogens (tertiary/aromatic N) is 2. The maximum Gasteiger partial charge on any atom is 0.417 e. The van der Waals surface area contributed by atoms with E-state index in [1.165, 1.54) is 25.2 Å². The van der Waals surface area contributed by atoms with Gasteiger partial charge in [-0.3, -0.25) is 19.7 Å². The molecule has 7 nitrogen and oxygen atoms in total. The lowest BCUT2D eigenvalue weighted by atomic mass is 10.1. The van der Waals surface area contributed by atoms with Crippen LogP contribution >= 0.6 is 11.6 Å². The van der Waals surface area contributed by atoms with E-state index in [0.29, 0.717) is 11.6 Å². The number of likely N-dealkylation sites (N-methyl/N-ethyl adjacent to an activating group) is 1. The summed E-state index contributed by atoms with van der Waals surface area (Å²) in [6, 6.07) is 6.64. The van der Waals surface area contributed by atoms with Crippen LogP contribution in [0.3, 0.4) is 0 Å². The van der Waals surface area contributed by atoms with E-state index in [0.717, 1.165) is 17.0 Å². The summed E-state index contributed by atoms with van der Waals surface area (Å²) in [6.07, 6.45) is -4.69. The lowest BCUT2D eigenvalue weighted by Gasteiger charge is -2.18. The molecule has 0 atom stereocenters. The first kappa shape index (κ1) is 22.2. The molecule has 0 fully saturated rings. The molecule has 2 aromatic carbocycles. The minimum Gasteiger partial charge on any atom is -0.332 e. The molecule has 2 rings (SSSR count). The van der Waals surface area contributed by atoms with Gasteiger partial charge >= 0.3 is 6.18 Å². The van der Waals surface area contributed by atoms with Crippen LogP contribution in [0.5, 0.6) is 0 Å². The van der Waals surface area contributed by atoms with Gasteiger partial charge in [0.1, 0.15) is 0 Å². The third-order valence-electron chi connectivity index (χ3n) is 3.95. The van der Waals surface area contributed by atoms with Gasteiger partial charge < -0.3 is 10.2 Å². The number of nitrogens with one attached hydrogen (secondary N) is 1. The van der Waals surface area contributed by atoms with Gasteiger partial charge in [0.25, 0.3) is 11.6 Å². The summed E-state index contributed by atoms with van der Waals surface area (Å²) in [5.41, 5.74) is -1.01. The second kappa shape index (κ2) is 8.48. The van der Waals surface area contributed by atoms with Crippen molar-refractivity contribution < 1.29 is 27.7 Å². The SMILES string of the molecule is Cc1ccc([N+](=O)[O-])cc1C(=O)N(C)CC(=O)Nc1ccc(Cl)c(C(F)(F)F)c1. The summed E-state index contributed by atoms with van der Waals surface area (Å²) < 4.78 is 38.7. The Morgan fingerprint density at radius 2 is 1.86 bits per heavy atom. The van der Waals surface area contributed by atoms with Crippen molar-refractivity contribution in [3.05, 3.63) is 68.2 Å². The Morgan fingerprint density at radius 3 is 2.45 bits per heavy atom. The van der Waals surface area contributed by atoms with Crippen LogP contribution in [-0.2, 0) is 11.0 Å². The predicted octanol–water partition coefficient (Wildman–Crippen LogP) is 4.29. The summed E-state index contributed by atoms with van der Waals surface area (Å²) in [4.78, 5) is 35.9. The first-order valence-corrected chi connectivity index (χ1v) is 8.45. The van der Waals surface area contributed by atoms with Crippen molar-refractivity contribution in [2.75, 3.05) is 18.9 Å². The Kier molecular flexibility index (Phi) is 6.48. The second-order valence-corrected chi connectivity index (χ2v) is 6.57. The Hall–Kier alpha value is -3.14. The molecule has 29 heavy (non-hydrogen) atoms. The van der Waals surface area contributed by atoms with Crippen LogP contribution < -0.4 is 5.32 Å². The van der Waals surface area contributed by atoms with Crippen LogP contribution in [0.2, 0.25) is 5.02 Å². The molecule has 2 aromatic rings. The lowest BCUT2D eigenvalue weighted by molar-refractivity contribution is -0.384. The number of rotatable bonds is 5. The molecular weight excluding hydrogens is 415 g/mol. The van der Waals surface area contributed by atoms with Crippen LogP contribution in [0.1, 0.15) is 21.5 Å². The van der Waals surface area contributed by atoms with Crippen molar-refractivity contribution in [1.82, 2.24) is 4.90 Å². The van der Waals surface area contributed by atoms with Gasteiger partial charge in [0.05, 0.1) is 22.1 Å². The number of hydrogen-bond acceptors (Lipinski definition) is 4. The maximum atomic E-state index is 12.9. The zero-order valence-electron chi connectivity index (χ0n) is 15.2. The molecule has 0 aliphatic rings. The van der Waals surface area contributed by atoms with Crippen LogP contribution in [0.4, 0.5) is 24.5 Å². The minimum atomic E-state index is -4.69. The highest BCUT2D eigenvalue weighted by atomic mass is 35.5. The van der Waals surface area contributed by atoms with E-state index >= 15 is 0 Å². The van der Waals surface area contributed by atoms with Gasteiger partial charge in [-0.2, -0.15) is 13.2 Å². The molecule has 0 radical (unpaired) electrons. The topological polar surface area (TPSA) is 92.6 Å². The molecule has 0 saturated carbocycles. The average molecular weight is 430 g/mol. The molecule has 2 amide bonds. The summed E-state index contributed by atoms with van der Waals surface area (Å²) >= 11 is 5.53. The molecule has 0 aliphatic heterocycles. The molecule has 154 valence electrons. The van der Waals surface area contributed by atoms with Crippen LogP contribution in [0.15, 0.2) is 36.4 Å². The Labute approximate surface area is 168 Å². The normalized spacial score (nSPS) is 11.1. The van der Waals surface area contributed by atoms with Crippen molar-refractivity contribution in [2.45, 2.75) is 13.1 Å². The summed E-state index contributed by atoms with van der Waals surface area (Å²) in [5.74, 6) is -1.40. The van der Waals surface area contributed by atoms with Crippen molar-refractivity contribution >= 4 is 34.8 Å². The van der Waals surface area contributed by atoms with Gasteiger partial charge in [-0.1, -0.05) is 17.7 Å². The highest BCUT2D eigenvalue weighted by Crippen LogP contribution is 2.36. The number of carbonyl (C=O) groups is 2. The van der Waals surface area contributed by atoms with E-state index < -0.39 is 40.0 Å². The molecule has 1 N–H and O–H groups in total. The number of hydrogen-bond donors (Lipinski definition) is 1. The smallest absolute Gasteiger partial charge is 0.332 e. The van der Waals surface area contributed by atoms with E-state index in [1.807, 2.05) is 0 Å². The average Bonchev–Trinajstić information content (AvgIpc) is 2.61. The first-order valence-electron chi connectivity index (χ1n) is 8.07. The number of halogens is 4. The van der Waals surface area contributed by atoms with E-state index in [1.54, 1.807) is 6.92 Å². The predicted molar refractivity (Wildman–Crippen MR) is 99.9 cm³/mol. The van der Waals surface area contributed by atoms with Crippen molar-refractivity contribution in [1.29, 1.82) is 0 Å². The van der Waals surface area contributed by atoms with Gasteiger partial charge in [0.2, 0.25) is 5.91 Å². The van der Waals surface area contributed by atoms with Crippen LogP contribution in [0.25, 0.3) is 0 Å². The number of alkyl halides is 3. The van der Waals surface area contributed by atoms with Crippen LogP contribution in [0, 0.1) is 17.0 Å². The first-order chi connectivity index (χ1) is 13.4. The van der Waals surface area contributed by atoms with Crippen LogP contribution in [-0.4, -0.2) is 35.2 Å². The zero-order valence-corrected chi connectivity index (χ0v) is 16.0. The number of anilines is 1. The van der Waals surface area contributed by atoms with Gasteiger partial charge in [-0.15, -0.1) is 0 Å². The lowest BCUT2D eigenvalue weighted by Crippen LogP contribution is -2.35. The second-order valence-electron chi connectivity index (χ2n) is 6.16. The molecule has 0 aliphatic carbocycles. The van der Waals surface area contributed by atoms with Gasteiger partial charge in [0.15, 0.2) is 0 Å². The monoisotopic (exact) mass is 429 g/mol. The largest absolute Gasteiger partial charge is 0.417 e. The minimum absolute atomic E-state index is 0.0420. The summed E-state index contributed by atoms with van der Waals surface area (Å²) in [6.45, 7) is 1.10. The number of nitro benzene ring substituents is 1. The number of amides is 2. The number of nitro groups is 1. The van der Waals surface area contributed by atoms with Gasteiger partial charge in [-0.25, -0.2) is 0 Å². The molecule has 0 saturated heterocycles. The van der Waals surface area contributed by atoms with E-state index in [9.17, 15) is 32.9 Å². The molecule has 0 spiro atoms. The zero-order chi connectivity index (χ0) is 21.9. The number of benzene rings is 2. The molecule has 11 heteroatoms. The highest BCUT2D eigenvalue weighted by Gasteiger charge is 2.33. The molecule has 0 unspecified atom stereocenters. The molecular formula is C18H15ClF3N3O4. The summed E-state index contributed by atoms with van der Waals surface area (Å²) in [7, 11) is 1.29. The number of carbonyl (C=O) groups excluding carboxylic acids is 2. The number of non-ortho nitro benzene ring substituents is 1. The van der Waals surface area contributed by atoms with Gasteiger partial charge in [-0.05, 0) is 30.7 Å². The maximum absolute atomic E-state index is 12.9. The van der Waals surface area contributed by atoms with E-state index in [4.69, 9.17) is 11.6 Å². The fourth-order valence-corrected chi connectivity index (χ4v) is 2.69. The standard InChI is InChI=1S/C18H15ClF3N3O4/c1-10-3-5-12(25(28)29)8-13(10)17(27)24(2)9-16(26)23-11-4-6-15(19)14(7-11)18(20,21)22/h3-8H,9H2,1-2H3,(H,23,26). The number of aryl methyl sites for hydroxylation is 1. The van der Waals surface area contributed by atoms with Crippen molar-refractivity contribution in [3.63, 3.8) is 0 Å². The van der Waals surface area contributed by atoms with Gasteiger partial charge in [0, 0.05) is 30.4 Å². The van der Waals surface area contributed by atoms with E-state index in [-0.39, 0.29) is 16.9 Å². The molecule has 0 aromatic heterocycles. The Balaban J connectivity index is 2.13. The third kappa shape index (κ3) is 5.44. The quantitative estimate of drug-likeness (QED) is 0.567. The molecule has 0 bridgehead atoms. The Morgan fingerprint density at radius 1 is 1.21 bits per heavy atom. The fraction of sp³-hybridized carbons (Fsp3) is 0.222. The van der Waals surface area contributed by atoms with Crippen molar-refractivity contribution in [3.8, 4) is 0 Å². The van der Waals surface area contributed by atoms with Crippen molar-refractivity contribution in [2.24, 2.45) is 0 Å².